The molecule has 7 heteroatoms. The highest BCUT2D eigenvalue weighted by Crippen LogP contribution is 2.20. The lowest BCUT2D eigenvalue weighted by molar-refractivity contribution is -0.119. The first kappa shape index (κ1) is 16.9. The average Bonchev–Trinajstić information content (AvgIpc) is 3.26. The second-order valence-electron chi connectivity index (χ2n) is 6.10. The fourth-order valence-corrected chi connectivity index (χ4v) is 2.62. The predicted octanol–water partition coefficient (Wildman–Crippen LogP) is 2.60. The highest BCUT2D eigenvalue weighted by atomic mass is 16.5. The number of rotatable bonds is 6. The van der Waals surface area contributed by atoms with E-state index in [2.05, 4.69) is 20.4 Å². The number of carbonyl (C=O) groups is 1. The Bertz CT molecular complexity index is 824. The molecule has 0 saturated heterocycles. The Kier molecular flexibility index (Phi) is 4.92. The number of hydrogen-bond donors (Lipinski definition) is 1. The third-order valence-corrected chi connectivity index (χ3v) is 4.07. The minimum Gasteiger partial charge on any atom is -0.349 e. The van der Waals surface area contributed by atoms with Crippen molar-refractivity contribution in [2.24, 2.45) is 0 Å². The van der Waals surface area contributed by atoms with Crippen LogP contribution in [-0.4, -0.2) is 25.6 Å². The third-order valence-electron chi connectivity index (χ3n) is 4.07. The van der Waals surface area contributed by atoms with E-state index in [1.165, 1.54) is 12.5 Å². The summed E-state index contributed by atoms with van der Waals surface area (Å²) in [7, 11) is 0. The zero-order valence-corrected chi connectivity index (χ0v) is 14.5. The first-order valence-electron chi connectivity index (χ1n) is 8.16. The van der Waals surface area contributed by atoms with Crippen LogP contribution in [0.15, 0.2) is 47.5 Å². The van der Waals surface area contributed by atoms with E-state index in [-0.39, 0.29) is 18.0 Å². The van der Waals surface area contributed by atoms with Gasteiger partial charge in [0.1, 0.15) is 0 Å². The second-order valence-corrected chi connectivity index (χ2v) is 6.10. The van der Waals surface area contributed by atoms with E-state index in [0.29, 0.717) is 18.1 Å². The van der Waals surface area contributed by atoms with Gasteiger partial charge < -0.3 is 14.4 Å². The molecule has 0 radical (unpaired) electrons. The van der Waals surface area contributed by atoms with Gasteiger partial charge in [0.25, 0.3) is 0 Å². The smallest absolute Gasteiger partial charge is 0.229 e. The number of nitrogens with zero attached hydrogens (tertiary/aromatic N) is 4. The van der Waals surface area contributed by atoms with Gasteiger partial charge in [0.2, 0.25) is 11.8 Å². The highest BCUT2D eigenvalue weighted by molar-refractivity contribution is 5.73. The maximum Gasteiger partial charge on any atom is 0.229 e. The van der Waals surface area contributed by atoms with E-state index >= 15 is 0 Å². The summed E-state index contributed by atoms with van der Waals surface area (Å²) < 4.78 is 7.30. The van der Waals surface area contributed by atoms with Crippen LogP contribution in [0, 0.1) is 6.92 Å². The summed E-state index contributed by atoms with van der Waals surface area (Å²) in [5.41, 5.74) is 2.17. The molecule has 130 valence electrons. The number of aromatic nitrogens is 4. The highest BCUT2D eigenvalue weighted by Gasteiger charge is 2.20. The van der Waals surface area contributed by atoms with Gasteiger partial charge in [-0.15, -0.1) is 0 Å². The van der Waals surface area contributed by atoms with E-state index in [9.17, 15) is 4.79 Å². The lowest BCUT2D eigenvalue weighted by Crippen LogP contribution is -2.27. The minimum absolute atomic E-state index is 0.0707. The van der Waals surface area contributed by atoms with Crippen LogP contribution in [-0.2, 0) is 11.2 Å². The summed E-state index contributed by atoms with van der Waals surface area (Å²) in [4.78, 5) is 20.1. The molecule has 0 aliphatic carbocycles. The van der Waals surface area contributed by atoms with Crippen molar-refractivity contribution < 1.29 is 9.32 Å². The van der Waals surface area contributed by atoms with Crippen molar-refractivity contribution in [1.82, 2.24) is 25.0 Å². The third kappa shape index (κ3) is 4.12. The van der Waals surface area contributed by atoms with Crippen LogP contribution < -0.4 is 5.32 Å². The molecule has 0 bridgehead atoms. The molecule has 0 aliphatic rings. The van der Waals surface area contributed by atoms with Crippen LogP contribution in [0.1, 0.15) is 48.8 Å². The normalized spacial score (nSPS) is 13.4. The lowest BCUT2D eigenvalue weighted by atomic mass is 10.0. The molecule has 2 atom stereocenters. The fraction of sp³-hybridized carbons (Fsp3) is 0.333. The number of amides is 1. The van der Waals surface area contributed by atoms with Crippen molar-refractivity contribution in [3.63, 3.8) is 0 Å². The first-order chi connectivity index (χ1) is 12.0. The van der Waals surface area contributed by atoms with Gasteiger partial charge in [0.05, 0.1) is 24.8 Å². The van der Waals surface area contributed by atoms with Crippen molar-refractivity contribution in [3.8, 4) is 0 Å². The number of nitrogens with one attached hydrogen (secondary N) is 1. The van der Waals surface area contributed by atoms with Gasteiger partial charge in [-0.2, -0.15) is 4.98 Å². The molecule has 2 heterocycles. The van der Waals surface area contributed by atoms with Crippen LogP contribution in [0.25, 0.3) is 0 Å². The Hall–Kier alpha value is -2.96. The molecule has 3 aromatic rings. The topological polar surface area (TPSA) is 85.8 Å². The zero-order valence-electron chi connectivity index (χ0n) is 14.5. The van der Waals surface area contributed by atoms with Crippen LogP contribution in [0.3, 0.4) is 0 Å². The van der Waals surface area contributed by atoms with Gasteiger partial charge in [0, 0.05) is 19.3 Å². The summed E-state index contributed by atoms with van der Waals surface area (Å²) in [6, 6.07) is 7.76. The van der Waals surface area contributed by atoms with Gasteiger partial charge in [-0.05, 0) is 19.4 Å². The molecule has 3 rings (SSSR count). The van der Waals surface area contributed by atoms with Gasteiger partial charge in [-0.25, -0.2) is 4.98 Å². The van der Waals surface area contributed by atoms with Crippen LogP contribution in [0.2, 0.25) is 0 Å². The molecule has 1 amide bonds. The van der Waals surface area contributed by atoms with E-state index in [0.717, 1.165) is 5.56 Å². The average molecular weight is 339 g/mol. The summed E-state index contributed by atoms with van der Waals surface area (Å²) in [6.07, 6.45) is 5.72. The Balaban J connectivity index is 1.78. The maximum atomic E-state index is 11.6. The van der Waals surface area contributed by atoms with E-state index in [4.69, 9.17) is 4.52 Å². The maximum absolute atomic E-state index is 11.6. The molecule has 7 nitrogen and oxygen atoms in total. The van der Waals surface area contributed by atoms with E-state index < -0.39 is 0 Å². The number of benzene rings is 1. The van der Waals surface area contributed by atoms with Crippen molar-refractivity contribution in [2.45, 2.75) is 39.3 Å². The van der Waals surface area contributed by atoms with Crippen LogP contribution >= 0.6 is 0 Å². The molecule has 1 aromatic carbocycles. The van der Waals surface area contributed by atoms with Gasteiger partial charge in [-0.3, -0.25) is 4.79 Å². The van der Waals surface area contributed by atoms with Crippen molar-refractivity contribution >= 4 is 5.91 Å². The van der Waals surface area contributed by atoms with E-state index in [1.54, 1.807) is 12.5 Å². The van der Waals surface area contributed by atoms with Crippen molar-refractivity contribution in [2.75, 3.05) is 0 Å². The molecule has 0 spiro atoms. The summed E-state index contributed by atoms with van der Waals surface area (Å²) in [5, 5.41) is 7.01. The van der Waals surface area contributed by atoms with E-state index in [1.807, 2.05) is 48.9 Å². The quantitative estimate of drug-likeness (QED) is 0.746. The molecule has 25 heavy (non-hydrogen) atoms. The van der Waals surface area contributed by atoms with Gasteiger partial charge in [-0.1, -0.05) is 35.0 Å². The molecule has 2 aromatic heterocycles. The van der Waals surface area contributed by atoms with Crippen LogP contribution in [0.4, 0.5) is 0 Å². The van der Waals surface area contributed by atoms with Gasteiger partial charge >= 0.3 is 0 Å². The number of hydrogen-bond acceptors (Lipinski definition) is 5. The Morgan fingerprint density at radius 2 is 2.08 bits per heavy atom. The summed E-state index contributed by atoms with van der Waals surface area (Å²) >= 11 is 0. The fourth-order valence-electron chi connectivity index (χ4n) is 2.62. The number of imidazole rings is 1. The monoisotopic (exact) mass is 339 g/mol. The van der Waals surface area contributed by atoms with Crippen LogP contribution in [0.5, 0.6) is 0 Å². The van der Waals surface area contributed by atoms with Gasteiger partial charge in [0.15, 0.2) is 5.82 Å². The molecule has 0 aliphatic heterocycles. The first-order valence-corrected chi connectivity index (χ1v) is 8.16. The minimum atomic E-state index is -0.213. The Morgan fingerprint density at radius 1 is 1.32 bits per heavy atom. The molecule has 0 unspecified atom stereocenters. The Labute approximate surface area is 146 Å². The molecule has 0 saturated carbocycles. The van der Waals surface area contributed by atoms with Crippen molar-refractivity contribution in [3.05, 3.63) is 65.8 Å². The predicted molar refractivity (Wildman–Crippen MR) is 91.8 cm³/mol. The largest absolute Gasteiger partial charge is 0.349 e. The summed E-state index contributed by atoms with van der Waals surface area (Å²) in [6.45, 7) is 5.50. The molecular weight excluding hydrogens is 318 g/mol. The zero-order chi connectivity index (χ0) is 17.8. The lowest BCUT2D eigenvalue weighted by Gasteiger charge is -2.16. The number of carbonyl (C=O) groups excluding carboxylic acids is 1. The molecular formula is C18H21N5O2. The Morgan fingerprint density at radius 3 is 2.72 bits per heavy atom. The van der Waals surface area contributed by atoms with Crippen molar-refractivity contribution in [1.29, 1.82) is 0 Å². The standard InChI is InChI=1S/C18H21N5O2/c1-12-4-6-15(7-5-12)16(20-14(3)24)10-17-21-18(22-25-17)13(2)23-9-8-19-11-23/h4-9,11,13,16H,10H2,1-3H3,(H,20,24)/t13-,16+/m1/s1. The summed E-state index contributed by atoms with van der Waals surface area (Å²) in [5.74, 6) is 0.969. The number of aryl methyl sites for hydroxylation is 1. The second kappa shape index (κ2) is 7.29. The molecule has 0 fully saturated rings. The molecule has 1 N–H and O–H groups in total. The SMILES string of the molecule is CC(=O)N[C@@H](Cc1nc([C@@H](C)n2ccnc2)no1)c1ccc(C)cc1.